The molecule has 0 aromatic carbocycles. The van der Waals surface area contributed by atoms with Crippen molar-refractivity contribution in [2.45, 2.75) is 45.4 Å². The molecular weight excluding hydrogens is 214 g/mol. The molecule has 2 rings (SSSR count). The number of carbonyl (C=O) groups is 1. The molecule has 0 aromatic heterocycles. The molecule has 0 radical (unpaired) electrons. The Balaban J connectivity index is 1.79. The fourth-order valence-electron chi connectivity index (χ4n) is 3.51. The molecule has 0 spiro atoms. The molecule has 1 saturated heterocycles. The molecule has 1 saturated carbocycles. The van der Waals surface area contributed by atoms with Crippen molar-refractivity contribution in [3.8, 4) is 0 Å². The van der Waals surface area contributed by atoms with Gasteiger partial charge in [-0.1, -0.05) is 19.8 Å². The van der Waals surface area contributed by atoms with Gasteiger partial charge in [0.2, 0.25) is 0 Å². The molecule has 1 aliphatic heterocycles. The summed E-state index contributed by atoms with van der Waals surface area (Å²) in [6.07, 6.45) is 7.36. The van der Waals surface area contributed by atoms with Gasteiger partial charge < -0.3 is 10.0 Å². The van der Waals surface area contributed by atoms with E-state index < -0.39 is 5.97 Å². The predicted octanol–water partition coefficient (Wildman–Crippen LogP) is 2.61. The Hall–Kier alpha value is -0.570. The fraction of sp³-hybridized carbons (Fsp3) is 0.929. The van der Waals surface area contributed by atoms with E-state index in [0.717, 1.165) is 44.3 Å². The van der Waals surface area contributed by atoms with E-state index in [4.69, 9.17) is 5.11 Å². The highest BCUT2D eigenvalue weighted by atomic mass is 16.4. The van der Waals surface area contributed by atoms with Crippen LogP contribution in [0.5, 0.6) is 0 Å². The van der Waals surface area contributed by atoms with Gasteiger partial charge >= 0.3 is 5.97 Å². The minimum absolute atomic E-state index is 0.121. The molecule has 3 atom stereocenters. The van der Waals surface area contributed by atoms with Crippen molar-refractivity contribution in [1.29, 1.82) is 0 Å². The summed E-state index contributed by atoms with van der Waals surface area (Å²) in [6.45, 7) is 5.37. The van der Waals surface area contributed by atoms with Crippen molar-refractivity contribution in [3.05, 3.63) is 0 Å². The number of carboxylic acids is 1. The van der Waals surface area contributed by atoms with Crippen LogP contribution in [0.3, 0.4) is 0 Å². The van der Waals surface area contributed by atoms with Crippen LogP contribution < -0.4 is 0 Å². The summed E-state index contributed by atoms with van der Waals surface area (Å²) in [6, 6.07) is 0. The second-order valence-electron chi connectivity index (χ2n) is 6.07. The fourth-order valence-corrected chi connectivity index (χ4v) is 3.51. The van der Waals surface area contributed by atoms with Crippen molar-refractivity contribution in [2.24, 2.45) is 17.8 Å². The van der Waals surface area contributed by atoms with Crippen LogP contribution in [0, 0.1) is 17.8 Å². The van der Waals surface area contributed by atoms with Crippen LogP contribution in [0.4, 0.5) is 0 Å². The molecule has 1 aliphatic carbocycles. The summed E-state index contributed by atoms with van der Waals surface area (Å²) < 4.78 is 0. The Kier molecular flexibility index (Phi) is 4.43. The maximum absolute atomic E-state index is 11.0. The van der Waals surface area contributed by atoms with Crippen LogP contribution in [0.15, 0.2) is 0 Å². The normalized spacial score (nSPS) is 35.7. The van der Waals surface area contributed by atoms with E-state index >= 15 is 0 Å². The minimum atomic E-state index is -0.605. The van der Waals surface area contributed by atoms with Crippen molar-refractivity contribution < 1.29 is 9.90 Å². The third kappa shape index (κ3) is 3.70. The molecule has 98 valence electrons. The summed E-state index contributed by atoms with van der Waals surface area (Å²) >= 11 is 0. The largest absolute Gasteiger partial charge is 0.481 e. The lowest BCUT2D eigenvalue weighted by Crippen LogP contribution is -2.41. The Morgan fingerprint density at radius 1 is 1.29 bits per heavy atom. The van der Waals surface area contributed by atoms with Crippen LogP contribution in [-0.4, -0.2) is 35.6 Å². The van der Waals surface area contributed by atoms with Gasteiger partial charge in [-0.2, -0.15) is 0 Å². The lowest BCUT2D eigenvalue weighted by molar-refractivity contribution is -0.143. The highest BCUT2D eigenvalue weighted by Gasteiger charge is 2.28. The van der Waals surface area contributed by atoms with Gasteiger partial charge in [0.25, 0.3) is 0 Å². The topological polar surface area (TPSA) is 40.5 Å². The van der Waals surface area contributed by atoms with E-state index in [1.54, 1.807) is 0 Å². The molecule has 3 nitrogen and oxygen atoms in total. The summed E-state index contributed by atoms with van der Waals surface area (Å²) in [4.78, 5) is 13.4. The van der Waals surface area contributed by atoms with Crippen LogP contribution in [0.2, 0.25) is 0 Å². The van der Waals surface area contributed by atoms with E-state index in [-0.39, 0.29) is 5.92 Å². The van der Waals surface area contributed by atoms with Crippen LogP contribution in [0.25, 0.3) is 0 Å². The smallest absolute Gasteiger partial charge is 0.307 e. The number of piperidine rings is 1. The molecule has 1 heterocycles. The lowest BCUT2D eigenvalue weighted by Gasteiger charge is -2.35. The summed E-state index contributed by atoms with van der Waals surface area (Å²) in [7, 11) is 0. The van der Waals surface area contributed by atoms with Gasteiger partial charge in [-0.25, -0.2) is 0 Å². The molecule has 0 aromatic rings. The van der Waals surface area contributed by atoms with Gasteiger partial charge in [-0.15, -0.1) is 0 Å². The number of likely N-dealkylation sites (tertiary alicyclic amines) is 1. The standard InChI is InChI=1S/C14H25NO2/c1-11-4-2-5-12(8-11)9-15-7-3-6-13(10-15)14(16)17/h11-13H,2-10H2,1H3,(H,16,17). The molecular formula is C14H25NO2. The molecule has 2 aliphatic rings. The first-order chi connectivity index (χ1) is 8.15. The van der Waals surface area contributed by atoms with E-state index in [0.29, 0.717) is 0 Å². The minimum Gasteiger partial charge on any atom is -0.481 e. The highest BCUT2D eigenvalue weighted by molar-refractivity contribution is 5.70. The molecule has 0 bridgehead atoms. The zero-order valence-electron chi connectivity index (χ0n) is 10.9. The highest BCUT2D eigenvalue weighted by Crippen LogP contribution is 2.30. The molecule has 1 N–H and O–H groups in total. The van der Waals surface area contributed by atoms with E-state index in [9.17, 15) is 4.79 Å². The second kappa shape index (κ2) is 5.85. The zero-order valence-corrected chi connectivity index (χ0v) is 10.9. The summed E-state index contributed by atoms with van der Waals surface area (Å²) in [5.41, 5.74) is 0. The van der Waals surface area contributed by atoms with Gasteiger partial charge in [0.05, 0.1) is 5.92 Å². The first kappa shape index (κ1) is 12.9. The molecule has 2 fully saturated rings. The SMILES string of the molecule is CC1CCCC(CN2CCCC(C(=O)O)C2)C1. The van der Waals surface area contributed by atoms with Gasteiger partial charge in [0.1, 0.15) is 0 Å². The second-order valence-corrected chi connectivity index (χ2v) is 6.07. The number of hydrogen-bond acceptors (Lipinski definition) is 2. The van der Waals surface area contributed by atoms with Gasteiger partial charge in [-0.3, -0.25) is 4.79 Å². The average molecular weight is 239 g/mol. The van der Waals surface area contributed by atoms with Crippen molar-refractivity contribution in [1.82, 2.24) is 4.90 Å². The number of rotatable bonds is 3. The first-order valence-electron chi connectivity index (χ1n) is 7.10. The van der Waals surface area contributed by atoms with E-state index in [2.05, 4.69) is 11.8 Å². The van der Waals surface area contributed by atoms with Crippen molar-refractivity contribution in [3.63, 3.8) is 0 Å². The van der Waals surface area contributed by atoms with Gasteiger partial charge in [0.15, 0.2) is 0 Å². The van der Waals surface area contributed by atoms with Crippen LogP contribution >= 0.6 is 0 Å². The summed E-state index contributed by atoms with van der Waals surface area (Å²) in [5, 5.41) is 9.08. The zero-order chi connectivity index (χ0) is 12.3. The third-order valence-electron chi connectivity index (χ3n) is 4.42. The van der Waals surface area contributed by atoms with E-state index in [1.807, 2.05) is 0 Å². The van der Waals surface area contributed by atoms with Crippen LogP contribution in [0.1, 0.15) is 45.4 Å². The quantitative estimate of drug-likeness (QED) is 0.823. The molecule has 0 amide bonds. The predicted molar refractivity (Wildman–Crippen MR) is 67.9 cm³/mol. The third-order valence-corrected chi connectivity index (χ3v) is 4.42. The Morgan fingerprint density at radius 3 is 2.82 bits per heavy atom. The number of aliphatic carboxylic acids is 1. The number of nitrogens with zero attached hydrogens (tertiary/aromatic N) is 1. The van der Waals surface area contributed by atoms with E-state index in [1.165, 1.54) is 25.7 Å². The maximum atomic E-state index is 11.0. The lowest BCUT2D eigenvalue weighted by atomic mass is 9.82. The molecule has 17 heavy (non-hydrogen) atoms. The van der Waals surface area contributed by atoms with Crippen LogP contribution in [-0.2, 0) is 4.79 Å². The molecule has 3 unspecified atom stereocenters. The Bertz CT molecular complexity index is 267. The Morgan fingerprint density at radius 2 is 2.12 bits per heavy atom. The van der Waals surface area contributed by atoms with Crippen molar-refractivity contribution >= 4 is 5.97 Å². The Labute approximate surface area is 104 Å². The van der Waals surface area contributed by atoms with Gasteiger partial charge in [0, 0.05) is 13.1 Å². The maximum Gasteiger partial charge on any atom is 0.307 e. The summed E-state index contributed by atoms with van der Waals surface area (Å²) in [5.74, 6) is 0.955. The molecule has 3 heteroatoms. The number of hydrogen-bond donors (Lipinski definition) is 1. The average Bonchev–Trinajstić information content (AvgIpc) is 2.29. The van der Waals surface area contributed by atoms with Gasteiger partial charge in [-0.05, 0) is 44.1 Å². The van der Waals surface area contributed by atoms with Crippen molar-refractivity contribution in [2.75, 3.05) is 19.6 Å². The first-order valence-corrected chi connectivity index (χ1v) is 7.10. The number of carboxylic acid groups (broad SMARTS) is 1. The monoisotopic (exact) mass is 239 g/mol.